The van der Waals surface area contributed by atoms with E-state index >= 15 is 0 Å². The molecular weight excluding hydrogens is 334 g/mol. The molecule has 1 amide bonds. The van der Waals surface area contributed by atoms with Crippen molar-refractivity contribution in [3.63, 3.8) is 0 Å². The molecule has 1 aromatic heterocycles. The van der Waals surface area contributed by atoms with Crippen LogP contribution in [0.15, 0.2) is 73.2 Å². The molecule has 5 rings (SSSR count). The van der Waals surface area contributed by atoms with Gasteiger partial charge in [-0.25, -0.2) is 9.97 Å². The van der Waals surface area contributed by atoms with E-state index in [2.05, 4.69) is 39.1 Å². The van der Waals surface area contributed by atoms with Crippen LogP contribution in [0, 0.1) is 0 Å². The Hall–Kier alpha value is -3.01. The second-order valence-corrected chi connectivity index (χ2v) is 7.38. The zero-order valence-electron chi connectivity index (χ0n) is 15.0. The summed E-state index contributed by atoms with van der Waals surface area (Å²) in [5, 5.41) is 0. The molecule has 1 fully saturated rings. The maximum atomic E-state index is 13.9. The van der Waals surface area contributed by atoms with Crippen molar-refractivity contribution in [2.75, 3.05) is 0 Å². The molecule has 0 aliphatic carbocycles. The fourth-order valence-corrected chi connectivity index (χ4v) is 4.68. The van der Waals surface area contributed by atoms with E-state index in [0.29, 0.717) is 0 Å². The first kappa shape index (κ1) is 16.2. The zero-order chi connectivity index (χ0) is 18.2. The number of benzene rings is 2. The van der Waals surface area contributed by atoms with Gasteiger partial charge < -0.3 is 4.90 Å². The average Bonchev–Trinajstić information content (AvgIpc) is 3.04. The van der Waals surface area contributed by atoms with Gasteiger partial charge in [-0.05, 0) is 24.0 Å². The lowest BCUT2D eigenvalue weighted by molar-refractivity contribution is -0.135. The van der Waals surface area contributed by atoms with E-state index in [-0.39, 0.29) is 23.9 Å². The van der Waals surface area contributed by atoms with E-state index < -0.39 is 0 Å². The average molecular weight is 355 g/mol. The third-order valence-corrected chi connectivity index (χ3v) is 5.88. The third kappa shape index (κ3) is 2.72. The lowest BCUT2D eigenvalue weighted by Crippen LogP contribution is -2.44. The van der Waals surface area contributed by atoms with Crippen molar-refractivity contribution in [3.05, 3.63) is 95.6 Å². The summed E-state index contributed by atoms with van der Waals surface area (Å²) in [6.07, 6.45) is 6.37. The van der Waals surface area contributed by atoms with Crippen LogP contribution in [0.4, 0.5) is 0 Å². The summed E-state index contributed by atoms with van der Waals surface area (Å²) in [6, 6.07) is 20.6. The van der Waals surface area contributed by atoms with E-state index in [4.69, 9.17) is 0 Å². The third-order valence-electron chi connectivity index (χ3n) is 5.88. The van der Waals surface area contributed by atoms with Gasteiger partial charge in [0.15, 0.2) is 0 Å². The fraction of sp³-hybridized carbons (Fsp3) is 0.261. The summed E-state index contributed by atoms with van der Waals surface area (Å²) in [5.74, 6) is -0.0870. The number of aromatic nitrogens is 2. The molecule has 0 N–H and O–H groups in total. The Labute approximate surface area is 158 Å². The number of hydrogen-bond donors (Lipinski definition) is 0. The monoisotopic (exact) mass is 355 g/mol. The number of carbonyl (C=O) groups excluding carboxylic acids is 1. The summed E-state index contributed by atoms with van der Waals surface area (Å²) in [4.78, 5) is 24.7. The smallest absolute Gasteiger partial charge is 0.235 e. The molecule has 2 atom stereocenters. The Morgan fingerprint density at radius 3 is 2.30 bits per heavy atom. The lowest BCUT2D eigenvalue weighted by atomic mass is 9.88. The molecule has 2 aliphatic rings. The molecule has 2 aromatic carbocycles. The van der Waals surface area contributed by atoms with Gasteiger partial charge >= 0.3 is 0 Å². The van der Waals surface area contributed by atoms with Crippen LogP contribution in [0.3, 0.4) is 0 Å². The summed E-state index contributed by atoms with van der Waals surface area (Å²) in [5.41, 5.74) is 4.32. The van der Waals surface area contributed by atoms with Gasteiger partial charge in [0.05, 0.1) is 17.7 Å². The zero-order valence-corrected chi connectivity index (χ0v) is 15.0. The lowest BCUT2D eigenvalue weighted by Gasteiger charge is -2.38. The molecular formula is C23H21N3O. The molecule has 134 valence electrons. The van der Waals surface area contributed by atoms with Gasteiger partial charge in [-0.3, -0.25) is 4.79 Å². The van der Waals surface area contributed by atoms with Crippen LogP contribution in [0.25, 0.3) is 0 Å². The Balaban J connectivity index is 1.57. The Morgan fingerprint density at radius 1 is 0.963 bits per heavy atom. The van der Waals surface area contributed by atoms with E-state index in [0.717, 1.165) is 41.6 Å². The molecule has 2 bridgehead atoms. The van der Waals surface area contributed by atoms with Crippen molar-refractivity contribution in [1.82, 2.24) is 14.9 Å². The first-order valence-corrected chi connectivity index (χ1v) is 9.54. The van der Waals surface area contributed by atoms with E-state index in [9.17, 15) is 4.79 Å². The summed E-state index contributed by atoms with van der Waals surface area (Å²) >= 11 is 0. The molecule has 4 nitrogen and oxygen atoms in total. The largest absolute Gasteiger partial charge is 0.331 e. The van der Waals surface area contributed by atoms with Crippen molar-refractivity contribution in [2.24, 2.45) is 0 Å². The molecule has 2 unspecified atom stereocenters. The van der Waals surface area contributed by atoms with Gasteiger partial charge in [-0.2, -0.15) is 0 Å². The fourth-order valence-electron chi connectivity index (χ4n) is 4.68. The summed E-state index contributed by atoms with van der Waals surface area (Å²) in [7, 11) is 0. The highest BCUT2D eigenvalue weighted by atomic mass is 16.2. The predicted octanol–water partition coefficient (Wildman–Crippen LogP) is 3.90. The molecule has 0 spiro atoms. The van der Waals surface area contributed by atoms with Crippen molar-refractivity contribution < 1.29 is 4.79 Å². The van der Waals surface area contributed by atoms with Gasteiger partial charge in [-0.1, -0.05) is 60.7 Å². The first-order chi connectivity index (χ1) is 13.3. The normalized spacial score (nSPS) is 20.6. The highest BCUT2D eigenvalue weighted by Crippen LogP contribution is 2.45. The van der Waals surface area contributed by atoms with Gasteiger partial charge in [0.1, 0.15) is 6.33 Å². The molecule has 2 aliphatic heterocycles. The Kier molecular flexibility index (Phi) is 3.97. The van der Waals surface area contributed by atoms with Crippen molar-refractivity contribution in [2.45, 2.75) is 37.3 Å². The summed E-state index contributed by atoms with van der Waals surface area (Å²) in [6.45, 7) is 0. The maximum absolute atomic E-state index is 13.9. The van der Waals surface area contributed by atoms with Gasteiger partial charge in [0.2, 0.25) is 5.91 Å². The van der Waals surface area contributed by atoms with Crippen LogP contribution in [-0.2, 0) is 11.2 Å². The number of nitrogens with zero attached hydrogens (tertiary/aromatic N) is 3. The minimum atomic E-state index is -0.276. The van der Waals surface area contributed by atoms with Crippen LogP contribution in [-0.4, -0.2) is 26.8 Å². The molecule has 0 radical (unpaired) electrons. The number of rotatable bonds is 3. The molecule has 27 heavy (non-hydrogen) atoms. The SMILES string of the molecule is O=C(C(c1ccccc1)c1ccccc1)N1C2CCC1c1cncnc1C2. The van der Waals surface area contributed by atoms with E-state index in [1.807, 2.05) is 42.6 Å². The van der Waals surface area contributed by atoms with Crippen LogP contribution in [0.2, 0.25) is 0 Å². The first-order valence-electron chi connectivity index (χ1n) is 9.54. The molecule has 1 saturated heterocycles. The summed E-state index contributed by atoms with van der Waals surface area (Å²) < 4.78 is 0. The number of fused-ring (bicyclic) bond motifs is 4. The molecule has 4 heteroatoms. The van der Waals surface area contributed by atoms with E-state index in [1.54, 1.807) is 6.33 Å². The van der Waals surface area contributed by atoms with Crippen molar-refractivity contribution in [1.29, 1.82) is 0 Å². The van der Waals surface area contributed by atoms with Crippen LogP contribution < -0.4 is 0 Å². The second-order valence-electron chi connectivity index (χ2n) is 7.38. The number of carbonyl (C=O) groups is 1. The minimum Gasteiger partial charge on any atom is -0.331 e. The van der Waals surface area contributed by atoms with Crippen LogP contribution in [0.5, 0.6) is 0 Å². The van der Waals surface area contributed by atoms with Gasteiger partial charge in [0, 0.05) is 24.2 Å². The quantitative estimate of drug-likeness (QED) is 0.716. The predicted molar refractivity (Wildman–Crippen MR) is 103 cm³/mol. The Bertz CT molecular complexity index is 918. The molecule has 3 aromatic rings. The van der Waals surface area contributed by atoms with Crippen LogP contribution >= 0.6 is 0 Å². The second kappa shape index (κ2) is 6.62. The number of amides is 1. The minimum absolute atomic E-state index is 0.0994. The van der Waals surface area contributed by atoms with Crippen LogP contribution in [0.1, 0.15) is 47.2 Å². The van der Waals surface area contributed by atoms with Gasteiger partial charge in [0.25, 0.3) is 0 Å². The van der Waals surface area contributed by atoms with Crippen molar-refractivity contribution >= 4 is 5.91 Å². The Morgan fingerprint density at radius 2 is 1.63 bits per heavy atom. The topological polar surface area (TPSA) is 46.1 Å². The standard InChI is InChI=1S/C23H21N3O/c27-23(22(16-7-3-1-4-8-16)17-9-5-2-6-10-17)26-18-11-12-21(26)19-14-24-15-25-20(19)13-18/h1-10,14-15,18,21-22H,11-13H2. The highest BCUT2D eigenvalue weighted by molar-refractivity contribution is 5.88. The number of hydrogen-bond acceptors (Lipinski definition) is 3. The molecule has 3 heterocycles. The van der Waals surface area contributed by atoms with Gasteiger partial charge in [-0.15, -0.1) is 0 Å². The van der Waals surface area contributed by atoms with E-state index in [1.165, 1.54) is 0 Å². The van der Waals surface area contributed by atoms with Crippen molar-refractivity contribution in [3.8, 4) is 0 Å². The highest BCUT2D eigenvalue weighted by Gasteiger charge is 2.45. The molecule has 0 saturated carbocycles. The maximum Gasteiger partial charge on any atom is 0.235 e.